The Bertz CT molecular complexity index is 365. The lowest BCUT2D eigenvalue weighted by molar-refractivity contribution is 0.291. The number of pyridine rings is 1. The monoisotopic (exact) mass is 231 g/mol. The van der Waals surface area contributed by atoms with Crippen LogP contribution in [0.2, 0.25) is 0 Å². The van der Waals surface area contributed by atoms with Gasteiger partial charge in [-0.15, -0.1) is 0 Å². The summed E-state index contributed by atoms with van der Waals surface area (Å²) in [5, 5.41) is 3.80. The number of hydrogen-bond acceptors (Lipinski definition) is 3. The predicted molar refractivity (Wildman–Crippen MR) is 68.8 cm³/mol. The molecule has 0 saturated carbocycles. The van der Waals surface area contributed by atoms with Crippen LogP contribution in [0.25, 0.3) is 0 Å². The van der Waals surface area contributed by atoms with Crippen LogP contribution in [0.4, 0.5) is 0 Å². The van der Waals surface area contributed by atoms with E-state index in [1.54, 1.807) is 0 Å². The molecule has 0 amide bonds. The van der Waals surface area contributed by atoms with E-state index in [-0.39, 0.29) is 0 Å². The van der Waals surface area contributed by atoms with Crippen LogP contribution >= 0.6 is 0 Å². The van der Waals surface area contributed by atoms with Gasteiger partial charge in [0, 0.05) is 37.1 Å². The quantitative estimate of drug-likeness (QED) is 0.862. The highest BCUT2D eigenvalue weighted by Crippen LogP contribution is 2.29. The third-order valence-corrected chi connectivity index (χ3v) is 4.28. The molecule has 0 aromatic carbocycles. The summed E-state index contributed by atoms with van der Waals surface area (Å²) in [7, 11) is 0. The van der Waals surface area contributed by atoms with E-state index >= 15 is 0 Å². The van der Waals surface area contributed by atoms with E-state index in [1.165, 1.54) is 37.9 Å². The first-order valence-corrected chi connectivity index (χ1v) is 6.74. The third-order valence-electron chi connectivity index (χ3n) is 4.28. The molecule has 3 heterocycles. The van der Waals surface area contributed by atoms with Gasteiger partial charge in [0.2, 0.25) is 0 Å². The van der Waals surface area contributed by atoms with Gasteiger partial charge in [-0.1, -0.05) is 0 Å². The lowest BCUT2D eigenvalue weighted by atomic mass is 10.0. The maximum atomic E-state index is 4.08. The molecule has 2 saturated heterocycles. The Morgan fingerprint density at radius 2 is 2.12 bits per heavy atom. The topological polar surface area (TPSA) is 28.2 Å². The van der Waals surface area contributed by atoms with Crippen molar-refractivity contribution in [2.45, 2.75) is 44.3 Å². The standard InChI is InChI=1S/C14H21N3/c1-11(12-4-7-15-8-5-12)16-13-6-10-17-9-2-3-14(13)17/h4-5,7-8,11,13-14,16H,2-3,6,9-10H2,1H3. The Morgan fingerprint density at radius 3 is 2.94 bits per heavy atom. The highest BCUT2D eigenvalue weighted by Gasteiger charge is 2.37. The maximum Gasteiger partial charge on any atom is 0.0296 e. The third kappa shape index (κ3) is 2.22. The van der Waals surface area contributed by atoms with Gasteiger partial charge in [0.1, 0.15) is 0 Å². The first-order chi connectivity index (χ1) is 8.34. The number of nitrogens with one attached hydrogen (secondary N) is 1. The Morgan fingerprint density at radius 1 is 1.29 bits per heavy atom. The Kier molecular flexibility index (Phi) is 3.12. The molecule has 2 fully saturated rings. The molecule has 0 spiro atoms. The summed E-state index contributed by atoms with van der Waals surface area (Å²) in [6.07, 6.45) is 7.82. The number of hydrogen-bond donors (Lipinski definition) is 1. The Balaban J connectivity index is 1.64. The van der Waals surface area contributed by atoms with Crippen LogP contribution < -0.4 is 5.32 Å². The van der Waals surface area contributed by atoms with Gasteiger partial charge in [-0.2, -0.15) is 0 Å². The zero-order valence-corrected chi connectivity index (χ0v) is 10.5. The summed E-state index contributed by atoms with van der Waals surface area (Å²) in [4.78, 5) is 6.73. The first kappa shape index (κ1) is 11.2. The van der Waals surface area contributed by atoms with Crippen molar-refractivity contribution in [2.24, 2.45) is 0 Å². The number of fused-ring (bicyclic) bond motifs is 1. The van der Waals surface area contributed by atoms with Crippen LogP contribution in [0.1, 0.15) is 37.8 Å². The van der Waals surface area contributed by atoms with Crippen LogP contribution in [0, 0.1) is 0 Å². The van der Waals surface area contributed by atoms with Crippen molar-refractivity contribution in [1.82, 2.24) is 15.2 Å². The van der Waals surface area contributed by atoms with Gasteiger partial charge >= 0.3 is 0 Å². The molecule has 0 bridgehead atoms. The molecule has 3 heteroatoms. The summed E-state index contributed by atoms with van der Waals surface area (Å²) in [5.74, 6) is 0. The fourth-order valence-electron chi connectivity index (χ4n) is 3.35. The van der Waals surface area contributed by atoms with Crippen molar-refractivity contribution < 1.29 is 0 Å². The van der Waals surface area contributed by atoms with E-state index in [2.05, 4.69) is 34.3 Å². The lowest BCUT2D eigenvalue weighted by Crippen LogP contribution is -2.40. The van der Waals surface area contributed by atoms with Gasteiger partial charge in [0.25, 0.3) is 0 Å². The summed E-state index contributed by atoms with van der Waals surface area (Å²) >= 11 is 0. The van der Waals surface area contributed by atoms with E-state index < -0.39 is 0 Å². The van der Waals surface area contributed by atoms with Crippen LogP contribution in [0.15, 0.2) is 24.5 Å². The number of rotatable bonds is 3. The van der Waals surface area contributed by atoms with Gasteiger partial charge in [-0.05, 0) is 50.4 Å². The summed E-state index contributed by atoms with van der Waals surface area (Å²) in [6, 6.07) is 6.13. The molecule has 17 heavy (non-hydrogen) atoms. The van der Waals surface area contributed by atoms with E-state index in [0.29, 0.717) is 12.1 Å². The van der Waals surface area contributed by atoms with E-state index in [9.17, 15) is 0 Å². The summed E-state index contributed by atoms with van der Waals surface area (Å²) in [5.41, 5.74) is 1.34. The molecule has 2 aliphatic heterocycles. The van der Waals surface area contributed by atoms with Crippen LogP contribution in [0.5, 0.6) is 0 Å². The predicted octanol–water partition coefficient (Wildman–Crippen LogP) is 1.97. The van der Waals surface area contributed by atoms with Gasteiger partial charge in [-0.25, -0.2) is 0 Å². The average Bonchev–Trinajstić information content (AvgIpc) is 2.95. The smallest absolute Gasteiger partial charge is 0.0296 e. The molecule has 0 aliphatic carbocycles. The lowest BCUT2D eigenvalue weighted by Gasteiger charge is -2.25. The fraction of sp³-hybridized carbons (Fsp3) is 0.643. The zero-order chi connectivity index (χ0) is 11.7. The van der Waals surface area contributed by atoms with Crippen LogP contribution in [-0.4, -0.2) is 35.1 Å². The minimum absolute atomic E-state index is 0.434. The number of aromatic nitrogens is 1. The minimum atomic E-state index is 0.434. The number of nitrogens with zero attached hydrogens (tertiary/aromatic N) is 2. The molecule has 1 aromatic heterocycles. The van der Waals surface area contributed by atoms with E-state index in [1.807, 2.05) is 12.4 Å². The van der Waals surface area contributed by atoms with Gasteiger partial charge in [0.15, 0.2) is 0 Å². The van der Waals surface area contributed by atoms with Crippen LogP contribution in [0.3, 0.4) is 0 Å². The molecule has 1 aromatic rings. The highest BCUT2D eigenvalue weighted by atomic mass is 15.2. The van der Waals surface area contributed by atoms with Crippen molar-refractivity contribution in [1.29, 1.82) is 0 Å². The second-order valence-electron chi connectivity index (χ2n) is 5.31. The van der Waals surface area contributed by atoms with Crippen molar-refractivity contribution in [3.05, 3.63) is 30.1 Å². The van der Waals surface area contributed by atoms with Crippen molar-refractivity contribution >= 4 is 0 Å². The van der Waals surface area contributed by atoms with Crippen molar-refractivity contribution in [3.8, 4) is 0 Å². The summed E-state index contributed by atoms with van der Waals surface area (Å²) < 4.78 is 0. The average molecular weight is 231 g/mol. The van der Waals surface area contributed by atoms with Gasteiger partial charge < -0.3 is 5.32 Å². The maximum absolute atomic E-state index is 4.08. The largest absolute Gasteiger partial charge is 0.306 e. The molecular formula is C14H21N3. The summed E-state index contributed by atoms with van der Waals surface area (Å²) in [6.45, 7) is 4.85. The molecule has 2 aliphatic rings. The second-order valence-corrected chi connectivity index (χ2v) is 5.31. The molecule has 3 unspecified atom stereocenters. The van der Waals surface area contributed by atoms with Crippen LogP contribution in [-0.2, 0) is 0 Å². The molecule has 92 valence electrons. The van der Waals surface area contributed by atoms with E-state index in [0.717, 1.165) is 6.04 Å². The SMILES string of the molecule is CC(NC1CCN2CCCC12)c1ccncc1. The molecule has 3 atom stereocenters. The van der Waals surface area contributed by atoms with E-state index in [4.69, 9.17) is 0 Å². The fourth-order valence-corrected chi connectivity index (χ4v) is 3.35. The first-order valence-electron chi connectivity index (χ1n) is 6.74. The normalized spacial score (nSPS) is 30.4. The van der Waals surface area contributed by atoms with Gasteiger partial charge in [-0.3, -0.25) is 9.88 Å². The van der Waals surface area contributed by atoms with Gasteiger partial charge in [0.05, 0.1) is 0 Å². The van der Waals surface area contributed by atoms with Crippen molar-refractivity contribution in [3.63, 3.8) is 0 Å². The van der Waals surface area contributed by atoms with Crippen molar-refractivity contribution in [2.75, 3.05) is 13.1 Å². The molecular weight excluding hydrogens is 210 g/mol. The zero-order valence-electron chi connectivity index (χ0n) is 10.5. The Labute approximate surface area is 103 Å². The second kappa shape index (κ2) is 4.75. The minimum Gasteiger partial charge on any atom is -0.306 e. The molecule has 3 nitrogen and oxygen atoms in total. The molecule has 0 radical (unpaired) electrons. The highest BCUT2D eigenvalue weighted by molar-refractivity contribution is 5.14. The molecule has 1 N–H and O–H groups in total. The molecule has 3 rings (SSSR count). The Hall–Kier alpha value is -0.930.